The van der Waals surface area contributed by atoms with E-state index in [9.17, 15) is 0 Å². The fraction of sp³-hybridized carbons (Fsp3) is 0.222. The van der Waals surface area contributed by atoms with E-state index in [0.717, 1.165) is 27.8 Å². The Balaban J connectivity index is 0.000000321. The second-order valence-electron chi connectivity index (χ2n) is 5.83. The van der Waals surface area contributed by atoms with Gasteiger partial charge in [0, 0.05) is 18.0 Å². The molecule has 1 aliphatic rings. The number of nitrogens with two attached hydrogens (primary N) is 1. The standard InChI is InChI=1S/C14H10N6.C4H8/c15-14-17-8-13-9(5-7-20(13)19-14)10-3-4-11-12(18-10)2-1-6-16-11;1-2-4-3-1/h1-8H,(H2,15,19);1-4H2. The van der Waals surface area contributed by atoms with Gasteiger partial charge in [0.2, 0.25) is 5.95 Å². The van der Waals surface area contributed by atoms with Crippen molar-refractivity contribution < 1.29 is 0 Å². The Morgan fingerprint density at radius 1 is 0.917 bits per heavy atom. The molecule has 0 amide bonds. The van der Waals surface area contributed by atoms with Gasteiger partial charge in [-0.15, -0.1) is 5.10 Å². The molecule has 1 fully saturated rings. The zero-order valence-electron chi connectivity index (χ0n) is 13.3. The Morgan fingerprint density at radius 3 is 2.54 bits per heavy atom. The van der Waals surface area contributed by atoms with Crippen LogP contribution in [0.4, 0.5) is 5.95 Å². The van der Waals surface area contributed by atoms with E-state index in [1.807, 2.05) is 36.5 Å². The highest BCUT2D eigenvalue weighted by atomic mass is 15.3. The summed E-state index contributed by atoms with van der Waals surface area (Å²) in [5.74, 6) is 0.246. The normalized spacial score (nSPS) is 13.3. The van der Waals surface area contributed by atoms with Gasteiger partial charge in [-0.2, -0.15) is 0 Å². The van der Waals surface area contributed by atoms with Crippen molar-refractivity contribution in [3.63, 3.8) is 0 Å². The van der Waals surface area contributed by atoms with Gasteiger partial charge in [-0.25, -0.2) is 14.5 Å². The van der Waals surface area contributed by atoms with Crippen LogP contribution in [0.15, 0.2) is 48.9 Å². The minimum Gasteiger partial charge on any atom is -0.367 e. The third kappa shape index (κ3) is 2.78. The van der Waals surface area contributed by atoms with E-state index in [0.29, 0.717) is 0 Å². The molecule has 0 unspecified atom stereocenters. The zero-order valence-corrected chi connectivity index (χ0v) is 13.3. The molecule has 0 atom stereocenters. The molecular formula is C18H18N6. The molecule has 0 bridgehead atoms. The Kier molecular flexibility index (Phi) is 3.78. The summed E-state index contributed by atoms with van der Waals surface area (Å²) < 4.78 is 1.70. The molecule has 0 aliphatic heterocycles. The van der Waals surface area contributed by atoms with Crippen molar-refractivity contribution in [3.8, 4) is 11.3 Å². The molecule has 6 heteroatoms. The number of rotatable bonds is 1. The lowest BCUT2D eigenvalue weighted by Crippen LogP contribution is -1.99. The molecule has 4 aromatic heterocycles. The molecule has 0 aromatic carbocycles. The van der Waals surface area contributed by atoms with Crippen LogP contribution in [0.2, 0.25) is 0 Å². The summed E-state index contributed by atoms with van der Waals surface area (Å²) in [6.45, 7) is 0. The Labute approximate surface area is 139 Å². The SMILES string of the molecule is C1CCC1.Nc1ncc2c(-c3ccc4ncccc4n3)ccn2n1. The molecule has 5 rings (SSSR count). The van der Waals surface area contributed by atoms with Gasteiger partial charge in [0.1, 0.15) is 0 Å². The van der Waals surface area contributed by atoms with E-state index in [4.69, 9.17) is 5.73 Å². The molecular weight excluding hydrogens is 300 g/mol. The van der Waals surface area contributed by atoms with E-state index < -0.39 is 0 Å². The van der Waals surface area contributed by atoms with Crippen molar-refractivity contribution in [3.05, 3.63) is 48.9 Å². The van der Waals surface area contributed by atoms with Crippen LogP contribution in [-0.4, -0.2) is 24.6 Å². The summed E-state index contributed by atoms with van der Waals surface area (Å²) in [6, 6.07) is 9.67. The quantitative estimate of drug-likeness (QED) is 0.581. The van der Waals surface area contributed by atoms with Crippen molar-refractivity contribution in [2.45, 2.75) is 25.7 Å². The third-order valence-electron chi connectivity index (χ3n) is 4.17. The summed E-state index contributed by atoms with van der Waals surface area (Å²) in [5, 5.41) is 4.13. The fourth-order valence-electron chi connectivity index (χ4n) is 2.49. The van der Waals surface area contributed by atoms with Crippen molar-refractivity contribution in [2.24, 2.45) is 0 Å². The van der Waals surface area contributed by atoms with Gasteiger partial charge in [-0.1, -0.05) is 25.7 Å². The summed E-state index contributed by atoms with van der Waals surface area (Å²) in [7, 11) is 0. The highest BCUT2D eigenvalue weighted by molar-refractivity contribution is 5.83. The van der Waals surface area contributed by atoms with Gasteiger partial charge >= 0.3 is 0 Å². The predicted octanol–water partition coefficient (Wildman–Crippen LogP) is 3.48. The number of nitrogens with zero attached hydrogens (tertiary/aromatic N) is 5. The van der Waals surface area contributed by atoms with Crippen LogP contribution >= 0.6 is 0 Å². The molecule has 6 nitrogen and oxygen atoms in total. The minimum atomic E-state index is 0.246. The molecule has 120 valence electrons. The molecule has 1 aliphatic carbocycles. The van der Waals surface area contributed by atoms with Gasteiger partial charge in [0.05, 0.1) is 28.4 Å². The van der Waals surface area contributed by atoms with Gasteiger partial charge in [-0.3, -0.25) is 4.98 Å². The van der Waals surface area contributed by atoms with E-state index in [-0.39, 0.29) is 5.95 Å². The lowest BCUT2D eigenvalue weighted by atomic mass is 10.0. The highest BCUT2D eigenvalue weighted by Gasteiger charge is 2.09. The Hall–Kier alpha value is -3.02. The van der Waals surface area contributed by atoms with Crippen molar-refractivity contribution in [2.75, 3.05) is 5.73 Å². The van der Waals surface area contributed by atoms with Crippen LogP contribution in [-0.2, 0) is 0 Å². The number of nitrogen functional groups attached to an aromatic ring is 1. The molecule has 1 saturated carbocycles. The second-order valence-corrected chi connectivity index (χ2v) is 5.83. The molecule has 2 N–H and O–H groups in total. The molecule has 0 spiro atoms. The number of aromatic nitrogens is 5. The van der Waals surface area contributed by atoms with Crippen LogP contribution in [0, 0.1) is 0 Å². The predicted molar refractivity (Wildman–Crippen MR) is 94.4 cm³/mol. The molecule has 4 heterocycles. The maximum atomic E-state index is 5.58. The fourth-order valence-corrected chi connectivity index (χ4v) is 2.49. The van der Waals surface area contributed by atoms with E-state index >= 15 is 0 Å². The average molecular weight is 318 g/mol. The number of pyridine rings is 2. The van der Waals surface area contributed by atoms with Crippen LogP contribution in [0.5, 0.6) is 0 Å². The van der Waals surface area contributed by atoms with Crippen molar-refractivity contribution >= 4 is 22.5 Å². The van der Waals surface area contributed by atoms with Gasteiger partial charge < -0.3 is 5.73 Å². The second kappa shape index (κ2) is 6.23. The summed E-state index contributed by atoms with van der Waals surface area (Å²) in [5.41, 5.74) is 10.0. The number of hydrogen-bond acceptors (Lipinski definition) is 5. The maximum Gasteiger partial charge on any atom is 0.238 e. The third-order valence-corrected chi connectivity index (χ3v) is 4.17. The molecule has 4 aromatic rings. The lowest BCUT2D eigenvalue weighted by molar-refractivity contribution is 0.504. The minimum absolute atomic E-state index is 0.246. The Morgan fingerprint density at radius 2 is 1.75 bits per heavy atom. The zero-order chi connectivity index (χ0) is 16.4. The van der Waals surface area contributed by atoms with Gasteiger partial charge in [0.25, 0.3) is 0 Å². The molecule has 0 saturated heterocycles. The number of hydrogen-bond donors (Lipinski definition) is 1. The average Bonchev–Trinajstić information content (AvgIpc) is 2.95. The van der Waals surface area contributed by atoms with Crippen LogP contribution < -0.4 is 5.73 Å². The first kappa shape index (κ1) is 14.6. The van der Waals surface area contributed by atoms with Crippen LogP contribution in [0.3, 0.4) is 0 Å². The largest absolute Gasteiger partial charge is 0.367 e. The first-order chi connectivity index (χ1) is 11.8. The van der Waals surface area contributed by atoms with E-state index in [2.05, 4.69) is 20.1 Å². The van der Waals surface area contributed by atoms with E-state index in [1.165, 1.54) is 25.7 Å². The topological polar surface area (TPSA) is 82.0 Å². The monoisotopic (exact) mass is 318 g/mol. The van der Waals surface area contributed by atoms with Crippen molar-refractivity contribution in [1.82, 2.24) is 24.6 Å². The first-order valence-electron chi connectivity index (χ1n) is 8.13. The Bertz CT molecular complexity index is 983. The number of fused-ring (bicyclic) bond motifs is 2. The molecule has 24 heavy (non-hydrogen) atoms. The summed E-state index contributed by atoms with van der Waals surface area (Å²) in [6.07, 6.45) is 11.3. The highest BCUT2D eigenvalue weighted by Crippen LogP contribution is 2.24. The number of anilines is 1. The smallest absolute Gasteiger partial charge is 0.238 e. The lowest BCUT2D eigenvalue weighted by Gasteiger charge is -2.05. The van der Waals surface area contributed by atoms with Crippen LogP contribution in [0.1, 0.15) is 25.7 Å². The molecule has 0 radical (unpaired) electrons. The van der Waals surface area contributed by atoms with Gasteiger partial charge in [0.15, 0.2) is 0 Å². The maximum absolute atomic E-state index is 5.58. The van der Waals surface area contributed by atoms with Crippen LogP contribution in [0.25, 0.3) is 27.8 Å². The van der Waals surface area contributed by atoms with Gasteiger partial charge in [-0.05, 0) is 30.3 Å². The van der Waals surface area contributed by atoms with E-state index in [1.54, 1.807) is 16.9 Å². The summed E-state index contributed by atoms with van der Waals surface area (Å²) in [4.78, 5) is 12.9. The summed E-state index contributed by atoms with van der Waals surface area (Å²) >= 11 is 0. The first-order valence-corrected chi connectivity index (χ1v) is 8.13. The van der Waals surface area contributed by atoms with Crippen molar-refractivity contribution in [1.29, 1.82) is 0 Å².